The predicted octanol–water partition coefficient (Wildman–Crippen LogP) is 3.39. The molecule has 0 fully saturated rings. The molecule has 0 N–H and O–H groups in total. The van der Waals surface area contributed by atoms with Crippen molar-refractivity contribution in [2.45, 2.75) is 13.0 Å². The zero-order chi connectivity index (χ0) is 16.2. The van der Waals surface area contributed by atoms with Gasteiger partial charge in [0.2, 0.25) is 5.91 Å². The molecule has 0 aliphatic rings. The zero-order valence-electron chi connectivity index (χ0n) is 12.9. The molecule has 1 amide bonds. The van der Waals surface area contributed by atoms with Crippen molar-refractivity contribution in [2.75, 3.05) is 13.6 Å². The first kappa shape index (κ1) is 15.6. The second-order valence-corrected chi connectivity index (χ2v) is 5.97. The van der Waals surface area contributed by atoms with Gasteiger partial charge in [-0.2, -0.15) is 0 Å². The lowest BCUT2D eigenvalue weighted by molar-refractivity contribution is -0.130. The molecular weight excluding hydrogens is 310 g/mol. The fourth-order valence-corrected chi connectivity index (χ4v) is 2.68. The van der Waals surface area contributed by atoms with Crippen LogP contribution >= 0.6 is 11.6 Å². The Bertz CT molecular complexity index is 814. The molecule has 0 spiro atoms. The van der Waals surface area contributed by atoms with Crippen molar-refractivity contribution in [1.29, 1.82) is 0 Å². The van der Waals surface area contributed by atoms with E-state index in [4.69, 9.17) is 11.6 Å². The van der Waals surface area contributed by atoms with Crippen LogP contribution in [0, 0.1) is 0 Å². The molecule has 2 heterocycles. The molecular formula is C18H18ClN3O. The van der Waals surface area contributed by atoms with Crippen LogP contribution in [-0.4, -0.2) is 34.0 Å². The van der Waals surface area contributed by atoms with Gasteiger partial charge in [-0.15, -0.1) is 0 Å². The summed E-state index contributed by atoms with van der Waals surface area (Å²) >= 11 is 6.05. The number of rotatable bonds is 5. The van der Waals surface area contributed by atoms with Gasteiger partial charge in [0, 0.05) is 48.6 Å². The minimum atomic E-state index is 0.0680. The molecule has 0 atom stereocenters. The molecule has 4 nitrogen and oxygen atoms in total. The first-order valence-corrected chi connectivity index (χ1v) is 7.89. The van der Waals surface area contributed by atoms with Gasteiger partial charge in [-0.05, 0) is 35.7 Å². The van der Waals surface area contributed by atoms with Crippen LogP contribution in [0.15, 0.2) is 54.9 Å². The summed E-state index contributed by atoms with van der Waals surface area (Å²) in [6.07, 6.45) is 4.44. The number of hydrogen-bond acceptors (Lipinski definition) is 2. The number of carbonyl (C=O) groups excluding carboxylic acids is 1. The van der Waals surface area contributed by atoms with E-state index in [-0.39, 0.29) is 5.91 Å². The van der Waals surface area contributed by atoms with Crippen LogP contribution in [0.3, 0.4) is 0 Å². The number of likely N-dealkylation sites (N-methyl/N-ethyl adjacent to an activating group) is 1. The van der Waals surface area contributed by atoms with Crippen molar-refractivity contribution in [3.63, 3.8) is 0 Å². The van der Waals surface area contributed by atoms with Crippen molar-refractivity contribution in [2.24, 2.45) is 0 Å². The summed E-state index contributed by atoms with van der Waals surface area (Å²) < 4.78 is 1.93. The second-order valence-electron chi connectivity index (χ2n) is 5.53. The van der Waals surface area contributed by atoms with Crippen molar-refractivity contribution < 1.29 is 4.79 Å². The van der Waals surface area contributed by atoms with Gasteiger partial charge >= 0.3 is 0 Å². The number of amides is 1. The highest BCUT2D eigenvalue weighted by Gasteiger charge is 2.11. The van der Waals surface area contributed by atoms with E-state index in [1.165, 1.54) is 0 Å². The maximum absolute atomic E-state index is 12.4. The third-order valence-corrected chi connectivity index (χ3v) is 4.13. The molecule has 0 saturated carbocycles. The maximum Gasteiger partial charge on any atom is 0.242 e. The van der Waals surface area contributed by atoms with E-state index in [1.807, 2.05) is 60.3 Å². The van der Waals surface area contributed by atoms with Gasteiger partial charge in [0.05, 0.1) is 0 Å². The quantitative estimate of drug-likeness (QED) is 0.720. The summed E-state index contributed by atoms with van der Waals surface area (Å²) in [5, 5.41) is 1.76. The van der Waals surface area contributed by atoms with Crippen molar-refractivity contribution >= 4 is 28.4 Å². The Kier molecular flexibility index (Phi) is 4.63. The highest BCUT2D eigenvalue weighted by molar-refractivity contribution is 6.31. The van der Waals surface area contributed by atoms with Crippen molar-refractivity contribution in [3.8, 4) is 0 Å². The van der Waals surface area contributed by atoms with Gasteiger partial charge in [-0.3, -0.25) is 9.78 Å². The monoisotopic (exact) mass is 327 g/mol. The van der Waals surface area contributed by atoms with Crippen LogP contribution in [0.1, 0.15) is 5.69 Å². The topological polar surface area (TPSA) is 38.1 Å². The molecule has 0 saturated heterocycles. The Morgan fingerprint density at radius 2 is 2.13 bits per heavy atom. The van der Waals surface area contributed by atoms with Crippen LogP contribution < -0.4 is 0 Å². The number of carbonyl (C=O) groups is 1. The zero-order valence-corrected chi connectivity index (χ0v) is 13.7. The minimum Gasteiger partial charge on any atom is -0.344 e. The molecule has 1 aromatic carbocycles. The van der Waals surface area contributed by atoms with Gasteiger partial charge in [-0.25, -0.2) is 0 Å². The van der Waals surface area contributed by atoms with Gasteiger partial charge < -0.3 is 9.47 Å². The van der Waals surface area contributed by atoms with Gasteiger partial charge in [0.15, 0.2) is 0 Å². The molecule has 2 aromatic heterocycles. The highest BCUT2D eigenvalue weighted by Crippen LogP contribution is 2.20. The average Bonchev–Trinajstić information content (AvgIpc) is 2.95. The number of pyridine rings is 1. The Balaban J connectivity index is 1.64. The fraction of sp³-hybridized carbons (Fsp3) is 0.222. The molecule has 3 rings (SSSR count). The normalized spacial score (nSPS) is 10.9. The number of hydrogen-bond donors (Lipinski definition) is 0. The smallest absolute Gasteiger partial charge is 0.242 e. The van der Waals surface area contributed by atoms with Crippen molar-refractivity contribution in [3.05, 3.63) is 65.6 Å². The lowest BCUT2D eigenvalue weighted by atomic mass is 10.2. The van der Waals surface area contributed by atoms with Crippen LogP contribution in [0.4, 0.5) is 0 Å². The van der Waals surface area contributed by atoms with E-state index >= 15 is 0 Å². The maximum atomic E-state index is 12.4. The fourth-order valence-electron chi connectivity index (χ4n) is 2.51. The Morgan fingerprint density at radius 3 is 2.91 bits per heavy atom. The highest BCUT2D eigenvalue weighted by atomic mass is 35.5. The molecule has 5 heteroatoms. The standard InChI is InChI=1S/C18H18ClN3O/c1-21(10-8-16-4-2-3-9-20-16)18(23)13-22-11-7-14-5-6-15(19)12-17(14)22/h2-7,9,11-12H,8,10,13H2,1H3. The molecule has 3 aromatic rings. The van der Waals surface area contributed by atoms with Crippen LogP contribution in [0.5, 0.6) is 0 Å². The Morgan fingerprint density at radius 1 is 1.26 bits per heavy atom. The van der Waals surface area contributed by atoms with E-state index in [0.717, 1.165) is 23.0 Å². The van der Waals surface area contributed by atoms with Gasteiger partial charge in [-0.1, -0.05) is 23.7 Å². The lowest BCUT2D eigenvalue weighted by Gasteiger charge is -2.17. The SMILES string of the molecule is CN(CCc1ccccn1)C(=O)Cn1ccc2ccc(Cl)cc21. The first-order chi connectivity index (χ1) is 11.1. The molecule has 118 valence electrons. The predicted molar refractivity (Wildman–Crippen MR) is 92.5 cm³/mol. The van der Waals surface area contributed by atoms with E-state index in [1.54, 1.807) is 11.1 Å². The van der Waals surface area contributed by atoms with Crippen LogP contribution in [-0.2, 0) is 17.8 Å². The summed E-state index contributed by atoms with van der Waals surface area (Å²) in [5.74, 6) is 0.0680. The molecule has 0 unspecified atom stereocenters. The number of benzene rings is 1. The number of aromatic nitrogens is 2. The van der Waals surface area contributed by atoms with Crippen molar-refractivity contribution in [1.82, 2.24) is 14.5 Å². The third kappa shape index (κ3) is 3.71. The van der Waals surface area contributed by atoms with Crippen LogP contribution in [0.25, 0.3) is 10.9 Å². The summed E-state index contributed by atoms with van der Waals surface area (Å²) in [4.78, 5) is 18.4. The number of nitrogens with zero attached hydrogens (tertiary/aromatic N) is 3. The summed E-state index contributed by atoms with van der Waals surface area (Å²) in [6, 6.07) is 13.5. The summed E-state index contributed by atoms with van der Waals surface area (Å²) in [6.45, 7) is 0.957. The first-order valence-electron chi connectivity index (χ1n) is 7.52. The van der Waals surface area contributed by atoms with E-state index in [9.17, 15) is 4.79 Å². The molecule has 0 aliphatic heterocycles. The Labute approximate surface area is 140 Å². The van der Waals surface area contributed by atoms with Crippen LogP contribution in [0.2, 0.25) is 5.02 Å². The molecule has 0 radical (unpaired) electrons. The average molecular weight is 328 g/mol. The lowest BCUT2D eigenvalue weighted by Crippen LogP contribution is -2.31. The van der Waals surface area contributed by atoms with E-state index in [0.29, 0.717) is 18.1 Å². The molecule has 23 heavy (non-hydrogen) atoms. The van der Waals surface area contributed by atoms with E-state index in [2.05, 4.69) is 4.98 Å². The Hall–Kier alpha value is -2.33. The second kappa shape index (κ2) is 6.84. The third-order valence-electron chi connectivity index (χ3n) is 3.90. The van der Waals surface area contributed by atoms with Gasteiger partial charge in [0.1, 0.15) is 6.54 Å². The van der Waals surface area contributed by atoms with E-state index < -0.39 is 0 Å². The number of fused-ring (bicyclic) bond motifs is 1. The molecule has 0 bridgehead atoms. The minimum absolute atomic E-state index is 0.0680. The summed E-state index contributed by atoms with van der Waals surface area (Å²) in [7, 11) is 1.82. The largest absolute Gasteiger partial charge is 0.344 e. The number of halogens is 1. The summed E-state index contributed by atoms with van der Waals surface area (Å²) in [5.41, 5.74) is 1.97. The van der Waals surface area contributed by atoms with Gasteiger partial charge in [0.25, 0.3) is 0 Å². The molecule has 0 aliphatic carbocycles.